The molecule has 0 aromatic carbocycles. The molecule has 0 bridgehead atoms. The Kier molecular flexibility index (Phi) is 2.91. The SMILES string of the molecule is C[C@H]1CC[C@@]2(C)C(=CCC3C2CC[C@]2(C)C(O)=CCC32)C1. The molecule has 0 radical (unpaired) electrons. The minimum Gasteiger partial charge on any atom is -0.512 e. The van der Waals surface area contributed by atoms with E-state index in [0.717, 1.165) is 24.2 Å². The monoisotopic (exact) mass is 286 g/mol. The van der Waals surface area contributed by atoms with Crippen molar-refractivity contribution in [1.82, 2.24) is 0 Å². The molecule has 0 spiro atoms. The van der Waals surface area contributed by atoms with E-state index in [1.165, 1.54) is 38.5 Å². The Morgan fingerprint density at radius 1 is 1.00 bits per heavy atom. The zero-order valence-electron chi connectivity index (χ0n) is 13.9. The van der Waals surface area contributed by atoms with Gasteiger partial charge in [-0.15, -0.1) is 0 Å². The Labute approximate surface area is 129 Å². The lowest BCUT2D eigenvalue weighted by molar-refractivity contribution is -0.0319. The lowest BCUT2D eigenvalue weighted by Gasteiger charge is -2.57. The number of hydrogen-bond donors (Lipinski definition) is 1. The third-order valence-corrected chi connectivity index (χ3v) is 7.89. The van der Waals surface area contributed by atoms with E-state index >= 15 is 0 Å². The third kappa shape index (κ3) is 1.75. The molecule has 21 heavy (non-hydrogen) atoms. The van der Waals surface area contributed by atoms with Gasteiger partial charge in [0.1, 0.15) is 0 Å². The summed E-state index contributed by atoms with van der Waals surface area (Å²) in [5, 5.41) is 10.4. The maximum atomic E-state index is 10.4. The van der Waals surface area contributed by atoms with Crippen molar-refractivity contribution in [3.63, 3.8) is 0 Å². The van der Waals surface area contributed by atoms with Gasteiger partial charge in [-0.1, -0.05) is 32.4 Å². The second kappa shape index (κ2) is 4.40. The Morgan fingerprint density at radius 3 is 2.57 bits per heavy atom. The van der Waals surface area contributed by atoms with E-state index in [9.17, 15) is 5.11 Å². The van der Waals surface area contributed by atoms with Gasteiger partial charge in [-0.25, -0.2) is 0 Å². The van der Waals surface area contributed by atoms with Gasteiger partial charge in [0.25, 0.3) is 0 Å². The van der Waals surface area contributed by atoms with Gasteiger partial charge in [0, 0.05) is 5.41 Å². The summed E-state index contributed by atoms with van der Waals surface area (Å²) >= 11 is 0. The van der Waals surface area contributed by atoms with E-state index in [0.29, 0.717) is 17.1 Å². The molecule has 6 atom stereocenters. The Balaban J connectivity index is 1.68. The van der Waals surface area contributed by atoms with E-state index in [2.05, 4.69) is 32.9 Å². The lowest BCUT2D eigenvalue weighted by Crippen LogP contribution is -2.49. The average molecular weight is 286 g/mol. The topological polar surface area (TPSA) is 20.2 Å². The summed E-state index contributed by atoms with van der Waals surface area (Å²) in [5.41, 5.74) is 2.33. The highest BCUT2D eigenvalue weighted by Gasteiger charge is 2.56. The summed E-state index contributed by atoms with van der Waals surface area (Å²) in [4.78, 5) is 0. The number of rotatable bonds is 0. The van der Waals surface area contributed by atoms with Gasteiger partial charge in [-0.2, -0.15) is 0 Å². The molecule has 1 N–H and O–H groups in total. The van der Waals surface area contributed by atoms with Gasteiger partial charge in [-0.05, 0) is 80.1 Å². The van der Waals surface area contributed by atoms with E-state index in [4.69, 9.17) is 0 Å². The van der Waals surface area contributed by atoms with Crippen molar-refractivity contribution in [3.8, 4) is 0 Å². The number of hydrogen-bond acceptors (Lipinski definition) is 1. The molecule has 1 nitrogen and oxygen atoms in total. The summed E-state index contributed by atoms with van der Waals surface area (Å²) in [5.74, 6) is 3.93. The molecular formula is C20H30O. The van der Waals surface area contributed by atoms with Gasteiger partial charge in [-0.3, -0.25) is 0 Å². The molecule has 4 aliphatic carbocycles. The fourth-order valence-corrected chi connectivity index (χ4v) is 6.39. The van der Waals surface area contributed by atoms with Crippen LogP contribution in [0, 0.1) is 34.5 Å². The Bertz CT molecular complexity index is 516. The van der Waals surface area contributed by atoms with Gasteiger partial charge in [0.05, 0.1) is 5.76 Å². The zero-order chi connectivity index (χ0) is 14.8. The maximum Gasteiger partial charge on any atom is 0.0944 e. The van der Waals surface area contributed by atoms with Crippen molar-refractivity contribution in [2.45, 2.75) is 65.7 Å². The third-order valence-electron chi connectivity index (χ3n) is 7.89. The highest BCUT2D eigenvalue weighted by atomic mass is 16.3. The summed E-state index contributed by atoms with van der Waals surface area (Å²) in [6, 6.07) is 0. The number of aliphatic hydroxyl groups is 1. The average Bonchev–Trinajstić information content (AvgIpc) is 2.76. The van der Waals surface area contributed by atoms with Gasteiger partial charge < -0.3 is 5.11 Å². The number of aliphatic hydroxyl groups excluding tert-OH is 1. The smallest absolute Gasteiger partial charge is 0.0944 e. The van der Waals surface area contributed by atoms with Crippen molar-refractivity contribution >= 4 is 0 Å². The van der Waals surface area contributed by atoms with Crippen molar-refractivity contribution in [1.29, 1.82) is 0 Å². The summed E-state index contributed by atoms with van der Waals surface area (Å²) in [6.45, 7) is 7.30. The quantitative estimate of drug-likeness (QED) is 0.572. The van der Waals surface area contributed by atoms with Gasteiger partial charge in [0.15, 0.2) is 0 Å². The first-order valence-corrected chi connectivity index (χ1v) is 9.04. The van der Waals surface area contributed by atoms with Crippen LogP contribution < -0.4 is 0 Å². The van der Waals surface area contributed by atoms with Crippen LogP contribution in [-0.4, -0.2) is 5.11 Å². The van der Waals surface area contributed by atoms with Crippen molar-refractivity contribution in [3.05, 3.63) is 23.5 Å². The minimum absolute atomic E-state index is 0.0881. The predicted octanol–water partition coefficient (Wildman–Crippen LogP) is 5.64. The second-order valence-corrected chi connectivity index (χ2v) is 8.89. The fraction of sp³-hybridized carbons (Fsp3) is 0.800. The molecule has 4 rings (SSSR count). The normalized spacial score (nSPS) is 52.3. The Hall–Kier alpha value is -0.720. The van der Waals surface area contributed by atoms with E-state index in [1.54, 1.807) is 5.57 Å². The first-order valence-electron chi connectivity index (χ1n) is 9.04. The predicted molar refractivity (Wildman–Crippen MR) is 87.0 cm³/mol. The molecule has 3 unspecified atom stereocenters. The van der Waals surface area contributed by atoms with Crippen LogP contribution in [0.2, 0.25) is 0 Å². The molecule has 0 saturated heterocycles. The van der Waals surface area contributed by atoms with Crippen LogP contribution in [0.3, 0.4) is 0 Å². The molecule has 2 saturated carbocycles. The Morgan fingerprint density at radius 2 is 1.76 bits per heavy atom. The molecule has 2 fully saturated rings. The molecule has 0 heterocycles. The summed E-state index contributed by atoms with van der Waals surface area (Å²) < 4.78 is 0. The molecular weight excluding hydrogens is 256 g/mol. The standard InChI is InChI=1S/C20H30O/c1-13-8-10-19(2)14(12-13)4-5-15-16-6-7-18(21)20(16,3)11-9-17(15)19/h4,7,13,15-17,21H,5-6,8-12H2,1-3H3/t13-,15?,16?,17?,19-,20-/m0/s1. The molecule has 0 aromatic heterocycles. The summed E-state index contributed by atoms with van der Waals surface area (Å²) in [7, 11) is 0. The van der Waals surface area contributed by atoms with Crippen LogP contribution in [0.25, 0.3) is 0 Å². The highest BCUT2D eigenvalue weighted by Crippen LogP contribution is 2.64. The van der Waals surface area contributed by atoms with Crippen molar-refractivity contribution < 1.29 is 5.11 Å². The van der Waals surface area contributed by atoms with Crippen LogP contribution in [-0.2, 0) is 0 Å². The maximum absolute atomic E-state index is 10.4. The van der Waals surface area contributed by atoms with Gasteiger partial charge in [0.2, 0.25) is 0 Å². The van der Waals surface area contributed by atoms with Crippen molar-refractivity contribution in [2.24, 2.45) is 34.5 Å². The van der Waals surface area contributed by atoms with Crippen LogP contribution >= 0.6 is 0 Å². The molecule has 4 aliphatic rings. The molecule has 1 heteroatoms. The van der Waals surface area contributed by atoms with Crippen LogP contribution in [0.15, 0.2) is 23.5 Å². The van der Waals surface area contributed by atoms with Gasteiger partial charge >= 0.3 is 0 Å². The fourth-order valence-electron chi connectivity index (χ4n) is 6.39. The van der Waals surface area contributed by atoms with E-state index < -0.39 is 0 Å². The van der Waals surface area contributed by atoms with Crippen molar-refractivity contribution in [2.75, 3.05) is 0 Å². The second-order valence-electron chi connectivity index (χ2n) is 8.89. The first-order chi connectivity index (χ1) is 9.95. The molecule has 0 amide bonds. The van der Waals surface area contributed by atoms with Crippen LogP contribution in [0.5, 0.6) is 0 Å². The molecule has 116 valence electrons. The first kappa shape index (κ1) is 13.9. The number of allylic oxidation sites excluding steroid dienone is 4. The van der Waals surface area contributed by atoms with E-state index in [1.807, 2.05) is 0 Å². The molecule has 0 aliphatic heterocycles. The van der Waals surface area contributed by atoms with Crippen LogP contribution in [0.4, 0.5) is 0 Å². The van der Waals surface area contributed by atoms with Crippen LogP contribution in [0.1, 0.15) is 65.7 Å². The largest absolute Gasteiger partial charge is 0.512 e. The number of fused-ring (bicyclic) bond motifs is 5. The molecule has 0 aromatic rings. The summed E-state index contributed by atoms with van der Waals surface area (Å²) in [6.07, 6.45) is 13.8. The highest BCUT2D eigenvalue weighted by molar-refractivity contribution is 5.27. The lowest BCUT2D eigenvalue weighted by atomic mass is 9.47. The minimum atomic E-state index is 0.0881. The van der Waals surface area contributed by atoms with E-state index in [-0.39, 0.29) is 5.41 Å². The zero-order valence-corrected chi connectivity index (χ0v) is 13.9.